The minimum atomic E-state index is -0.0857. The molecule has 1 unspecified atom stereocenters. The van der Waals surface area contributed by atoms with E-state index in [9.17, 15) is 4.79 Å². The molecule has 0 heterocycles. The first-order valence-corrected chi connectivity index (χ1v) is 7.49. The van der Waals surface area contributed by atoms with Crippen molar-refractivity contribution < 1.29 is 4.79 Å². The second-order valence-electron chi connectivity index (χ2n) is 3.80. The second-order valence-corrected chi connectivity index (χ2v) is 5.87. The number of hydrogen-bond acceptors (Lipinski definition) is 3. The van der Waals surface area contributed by atoms with Crippen molar-refractivity contribution in [3.63, 3.8) is 0 Å². The molecule has 1 amide bonds. The van der Waals surface area contributed by atoms with Gasteiger partial charge in [-0.05, 0) is 40.7 Å². The van der Waals surface area contributed by atoms with Gasteiger partial charge in [-0.15, -0.1) is 0 Å². The van der Waals surface area contributed by atoms with Gasteiger partial charge in [0, 0.05) is 17.5 Å². The first-order valence-electron chi connectivity index (χ1n) is 5.41. The van der Waals surface area contributed by atoms with Crippen LogP contribution < -0.4 is 11.1 Å². The number of hydrogen-bond donors (Lipinski definition) is 2. The van der Waals surface area contributed by atoms with E-state index in [1.807, 2.05) is 0 Å². The van der Waals surface area contributed by atoms with E-state index in [0.29, 0.717) is 27.5 Å². The van der Waals surface area contributed by atoms with Gasteiger partial charge in [-0.1, -0.05) is 13.0 Å². The molecule has 1 atom stereocenters. The minimum Gasteiger partial charge on any atom is -0.398 e. The van der Waals surface area contributed by atoms with Crippen LogP contribution in [0.25, 0.3) is 0 Å². The molecule has 0 saturated carbocycles. The quantitative estimate of drug-likeness (QED) is 0.821. The van der Waals surface area contributed by atoms with Crippen LogP contribution in [-0.4, -0.2) is 24.0 Å². The molecule has 0 aliphatic heterocycles. The number of nitrogen functional groups attached to an aromatic ring is 1. The number of carbonyl (C=O) groups excluding carboxylic acids is 1. The third kappa shape index (κ3) is 4.24. The number of rotatable bonds is 5. The number of halogens is 1. The molecule has 0 saturated heterocycles. The Kier molecular flexibility index (Phi) is 5.85. The van der Waals surface area contributed by atoms with Crippen LogP contribution in [0.3, 0.4) is 0 Å². The average molecular weight is 317 g/mol. The van der Waals surface area contributed by atoms with E-state index in [1.165, 1.54) is 0 Å². The van der Waals surface area contributed by atoms with Gasteiger partial charge >= 0.3 is 0 Å². The Balaban J connectivity index is 2.56. The Morgan fingerprint density at radius 3 is 2.94 bits per heavy atom. The van der Waals surface area contributed by atoms with Crippen molar-refractivity contribution in [1.82, 2.24) is 5.32 Å². The van der Waals surface area contributed by atoms with Crippen LogP contribution in [0, 0.1) is 0 Å². The highest BCUT2D eigenvalue weighted by Gasteiger charge is 2.11. The summed E-state index contributed by atoms with van der Waals surface area (Å²) in [5, 5.41) is 3.45. The fraction of sp³-hybridized carbons (Fsp3) is 0.417. The standard InChI is InChI=1S/C12H17BrN2OS/c1-8(17-2)6-7-15-12(16)9-4-3-5-10(14)11(9)13/h3-5,8H,6-7,14H2,1-2H3,(H,15,16). The predicted molar refractivity (Wildman–Crippen MR) is 78.5 cm³/mol. The summed E-state index contributed by atoms with van der Waals surface area (Å²) in [5.41, 5.74) is 6.89. The lowest BCUT2D eigenvalue weighted by Crippen LogP contribution is -2.26. The molecule has 17 heavy (non-hydrogen) atoms. The summed E-state index contributed by atoms with van der Waals surface area (Å²) in [6.45, 7) is 2.83. The minimum absolute atomic E-state index is 0.0857. The van der Waals surface area contributed by atoms with Crippen LogP contribution >= 0.6 is 27.7 Å². The Bertz CT molecular complexity index is 398. The first kappa shape index (κ1) is 14.4. The molecule has 0 radical (unpaired) electrons. The Labute approximate surface area is 115 Å². The maximum absolute atomic E-state index is 11.9. The smallest absolute Gasteiger partial charge is 0.252 e. The highest BCUT2D eigenvalue weighted by Crippen LogP contribution is 2.23. The van der Waals surface area contributed by atoms with E-state index in [-0.39, 0.29) is 5.91 Å². The lowest BCUT2D eigenvalue weighted by atomic mass is 10.2. The third-order valence-electron chi connectivity index (χ3n) is 2.51. The number of nitrogens with one attached hydrogen (secondary N) is 1. The Morgan fingerprint density at radius 2 is 2.29 bits per heavy atom. The van der Waals surface area contributed by atoms with Crippen molar-refractivity contribution in [3.8, 4) is 0 Å². The fourth-order valence-electron chi connectivity index (χ4n) is 1.33. The molecule has 1 aromatic rings. The molecule has 0 aliphatic rings. The summed E-state index contributed by atoms with van der Waals surface area (Å²) < 4.78 is 0.662. The van der Waals surface area contributed by atoms with Crippen molar-refractivity contribution in [3.05, 3.63) is 28.2 Å². The van der Waals surface area contributed by atoms with E-state index in [0.717, 1.165) is 6.42 Å². The maximum Gasteiger partial charge on any atom is 0.252 e. The van der Waals surface area contributed by atoms with Crippen molar-refractivity contribution in [2.24, 2.45) is 0 Å². The molecule has 0 aromatic heterocycles. The van der Waals surface area contributed by atoms with Gasteiger partial charge in [0.05, 0.1) is 10.0 Å². The van der Waals surface area contributed by atoms with Gasteiger partial charge in [-0.2, -0.15) is 11.8 Å². The number of benzene rings is 1. The molecular formula is C12H17BrN2OS. The lowest BCUT2D eigenvalue weighted by molar-refractivity contribution is 0.0952. The van der Waals surface area contributed by atoms with E-state index in [4.69, 9.17) is 5.73 Å². The lowest BCUT2D eigenvalue weighted by Gasteiger charge is -2.10. The second kappa shape index (κ2) is 6.91. The molecule has 0 fully saturated rings. The SMILES string of the molecule is CSC(C)CCNC(=O)c1cccc(N)c1Br. The third-order valence-corrected chi connectivity index (χ3v) is 4.44. The predicted octanol–water partition coefficient (Wildman–Crippen LogP) is 2.90. The van der Waals surface area contributed by atoms with Gasteiger partial charge in [-0.3, -0.25) is 4.79 Å². The highest BCUT2D eigenvalue weighted by molar-refractivity contribution is 9.10. The normalized spacial score (nSPS) is 12.2. The largest absolute Gasteiger partial charge is 0.398 e. The van der Waals surface area contributed by atoms with Crippen molar-refractivity contribution in [2.45, 2.75) is 18.6 Å². The summed E-state index contributed by atoms with van der Waals surface area (Å²) in [7, 11) is 0. The Hall–Kier alpha value is -0.680. The first-order chi connectivity index (χ1) is 8.06. The van der Waals surface area contributed by atoms with Crippen molar-refractivity contribution in [1.29, 1.82) is 0 Å². The summed E-state index contributed by atoms with van der Waals surface area (Å²) in [6, 6.07) is 5.30. The van der Waals surface area contributed by atoms with Crippen LogP contribution in [0.1, 0.15) is 23.7 Å². The maximum atomic E-state index is 11.9. The molecule has 0 bridgehead atoms. The zero-order chi connectivity index (χ0) is 12.8. The number of nitrogens with two attached hydrogens (primary N) is 1. The molecule has 0 spiro atoms. The summed E-state index contributed by atoms with van der Waals surface area (Å²) in [6.07, 6.45) is 3.04. The highest BCUT2D eigenvalue weighted by atomic mass is 79.9. The van der Waals surface area contributed by atoms with E-state index in [2.05, 4.69) is 34.4 Å². The summed E-state index contributed by atoms with van der Waals surface area (Å²) in [5.74, 6) is -0.0857. The van der Waals surface area contributed by atoms with Gasteiger partial charge in [0.2, 0.25) is 0 Å². The van der Waals surface area contributed by atoms with E-state index < -0.39 is 0 Å². The molecule has 3 nitrogen and oxygen atoms in total. The molecule has 1 rings (SSSR count). The average Bonchev–Trinajstić information content (AvgIpc) is 2.32. The van der Waals surface area contributed by atoms with Gasteiger partial charge in [0.25, 0.3) is 5.91 Å². The Morgan fingerprint density at radius 1 is 1.59 bits per heavy atom. The number of amides is 1. The topological polar surface area (TPSA) is 55.1 Å². The van der Waals surface area contributed by atoms with Crippen LogP contribution in [0.15, 0.2) is 22.7 Å². The molecule has 1 aromatic carbocycles. The number of thioether (sulfide) groups is 1. The molecule has 3 N–H and O–H groups in total. The molecule has 0 aliphatic carbocycles. The van der Waals surface area contributed by atoms with Crippen molar-refractivity contribution in [2.75, 3.05) is 18.5 Å². The zero-order valence-electron chi connectivity index (χ0n) is 10.00. The number of anilines is 1. The van der Waals surface area contributed by atoms with Crippen LogP contribution in [-0.2, 0) is 0 Å². The molecular weight excluding hydrogens is 300 g/mol. The van der Waals surface area contributed by atoms with Crippen LogP contribution in [0.5, 0.6) is 0 Å². The molecule has 5 heteroatoms. The van der Waals surface area contributed by atoms with Crippen LogP contribution in [0.2, 0.25) is 0 Å². The van der Waals surface area contributed by atoms with E-state index in [1.54, 1.807) is 30.0 Å². The van der Waals surface area contributed by atoms with Gasteiger partial charge in [0.1, 0.15) is 0 Å². The summed E-state index contributed by atoms with van der Waals surface area (Å²) in [4.78, 5) is 11.9. The van der Waals surface area contributed by atoms with Crippen molar-refractivity contribution >= 4 is 39.3 Å². The fourth-order valence-corrected chi connectivity index (χ4v) is 2.13. The van der Waals surface area contributed by atoms with Crippen LogP contribution in [0.4, 0.5) is 5.69 Å². The summed E-state index contributed by atoms with van der Waals surface area (Å²) >= 11 is 5.12. The molecule has 94 valence electrons. The zero-order valence-corrected chi connectivity index (χ0v) is 12.4. The van der Waals surface area contributed by atoms with Gasteiger partial charge in [0.15, 0.2) is 0 Å². The van der Waals surface area contributed by atoms with Gasteiger partial charge < -0.3 is 11.1 Å². The van der Waals surface area contributed by atoms with Gasteiger partial charge in [-0.25, -0.2) is 0 Å². The van der Waals surface area contributed by atoms with E-state index >= 15 is 0 Å². The number of carbonyl (C=O) groups is 1. The monoisotopic (exact) mass is 316 g/mol.